The van der Waals surface area contributed by atoms with Gasteiger partial charge >= 0.3 is 0 Å². The molecular formula is C16H21N5O. The van der Waals surface area contributed by atoms with Gasteiger partial charge in [0.1, 0.15) is 12.7 Å². The maximum atomic E-state index is 12.0. The Morgan fingerprint density at radius 1 is 1.41 bits per heavy atom. The monoisotopic (exact) mass is 299 g/mol. The number of carbonyl (C=O) groups excluding carboxylic acids is 1. The molecule has 1 aliphatic rings. The van der Waals surface area contributed by atoms with E-state index < -0.39 is 0 Å². The first kappa shape index (κ1) is 14.7. The maximum Gasteiger partial charge on any atom is 0.232 e. The summed E-state index contributed by atoms with van der Waals surface area (Å²) >= 11 is 0. The molecule has 116 valence electrons. The van der Waals surface area contributed by atoms with Crippen molar-refractivity contribution in [1.29, 1.82) is 0 Å². The highest BCUT2D eigenvalue weighted by atomic mass is 16.2. The third-order valence-corrected chi connectivity index (χ3v) is 4.09. The standard InChI is InChI=1S/C16H21N5O/c1-12(7-9-21-11-17-10-19-21)18-8-6-14-13-4-2-3-5-15(13)20-16(14)22/h2-5,10-12,14,18H,6-9H2,1H3,(H,20,22)/t12-,14-/m0/s1. The summed E-state index contributed by atoms with van der Waals surface area (Å²) in [6, 6.07) is 8.31. The summed E-state index contributed by atoms with van der Waals surface area (Å²) in [4.78, 5) is 16.0. The van der Waals surface area contributed by atoms with Crippen molar-refractivity contribution in [3.05, 3.63) is 42.5 Å². The van der Waals surface area contributed by atoms with E-state index in [-0.39, 0.29) is 11.8 Å². The van der Waals surface area contributed by atoms with Gasteiger partial charge in [-0.2, -0.15) is 5.10 Å². The van der Waals surface area contributed by atoms with Crippen molar-refractivity contribution in [3.8, 4) is 0 Å². The second-order valence-electron chi connectivity index (χ2n) is 5.72. The van der Waals surface area contributed by atoms with E-state index in [2.05, 4.69) is 27.6 Å². The summed E-state index contributed by atoms with van der Waals surface area (Å²) in [6.07, 6.45) is 5.08. The van der Waals surface area contributed by atoms with E-state index in [0.29, 0.717) is 6.04 Å². The van der Waals surface area contributed by atoms with E-state index in [1.807, 2.05) is 28.9 Å². The first-order chi connectivity index (χ1) is 10.7. The number of aromatic nitrogens is 3. The van der Waals surface area contributed by atoms with Gasteiger partial charge in [0.15, 0.2) is 0 Å². The lowest BCUT2D eigenvalue weighted by atomic mass is 9.97. The van der Waals surface area contributed by atoms with Crippen molar-refractivity contribution in [2.75, 3.05) is 11.9 Å². The molecule has 2 aromatic rings. The van der Waals surface area contributed by atoms with Crippen LogP contribution >= 0.6 is 0 Å². The minimum absolute atomic E-state index is 0.0359. The van der Waals surface area contributed by atoms with Crippen LogP contribution in [0.4, 0.5) is 5.69 Å². The summed E-state index contributed by atoms with van der Waals surface area (Å²) < 4.78 is 1.83. The average Bonchev–Trinajstić information content (AvgIpc) is 3.13. The Morgan fingerprint density at radius 3 is 3.09 bits per heavy atom. The fraction of sp³-hybridized carbons (Fsp3) is 0.438. The number of aryl methyl sites for hydroxylation is 1. The van der Waals surface area contributed by atoms with Gasteiger partial charge in [0, 0.05) is 18.3 Å². The molecule has 1 aromatic carbocycles. The molecule has 0 bridgehead atoms. The average molecular weight is 299 g/mol. The van der Waals surface area contributed by atoms with Gasteiger partial charge in [-0.25, -0.2) is 4.98 Å². The molecule has 0 spiro atoms. The van der Waals surface area contributed by atoms with Gasteiger partial charge in [-0.3, -0.25) is 9.48 Å². The van der Waals surface area contributed by atoms with Gasteiger partial charge in [-0.1, -0.05) is 18.2 Å². The van der Waals surface area contributed by atoms with Crippen molar-refractivity contribution in [2.24, 2.45) is 0 Å². The lowest BCUT2D eigenvalue weighted by molar-refractivity contribution is -0.117. The van der Waals surface area contributed by atoms with E-state index >= 15 is 0 Å². The number of hydrogen-bond acceptors (Lipinski definition) is 4. The van der Waals surface area contributed by atoms with Crippen LogP contribution in [-0.2, 0) is 11.3 Å². The van der Waals surface area contributed by atoms with Crippen molar-refractivity contribution in [3.63, 3.8) is 0 Å². The Kier molecular flexibility index (Phi) is 4.48. The number of para-hydroxylation sites is 1. The Balaban J connectivity index is 1.44. The molecule has 0 saturated heterocycles. The number of amides is 1. The molecule has 6 nitrogen and oxygen atoms in total. The first-order valence-corrected chi connectivity index (χ1v) is 7.69. The molecule has 0 aliphatic carbocycles. The van der Waals surface area contributed by atoms with Crippen LogP contribution in [0.1, 0.15) is 31.2 Å². The van der Waals surface area contributed by atoms with Crippen LogP contribution < -0.4 is 10.6 Å². The van der Waals surface area contributed by atoms with E-state index in [9.17, 15) is 4.79 Å². The highest BCUT2D eigenvalue weighted by Gasteiger charge is 2.29. The largest absolute Gasteiger partial charge is 0.325 e. The zero-order chi connectivity index (χ0) is 15.4. The zero-order valence-electron chi connectivity index (χ0n) is 12.7. The molecule has 1 aromatic heterocycles. The number of carbonyl (C=O) groups is 1. The van der Waals surface area contributed by atoms with Crippen LogP contribution in [-0.4, -0.2) is 33.3 Å². The molecule has 2 N–H and O–H groups in total. The van der Waals surface area contributed by atoms with Crippen molar-refractivity contribution in [1.82, 2.24) is 20.1 Å². The molecule has 1 aliphatic heterocycles. The summed E-state index contributed by atoms with van der Waals surface area (Å²) in [5.74, 6) is 0.0736. The SMILES string of the molecule is C[C@@H](CCn1cncn1)NCC[C@@H]1C(=O)Nc2ccccc21. The Hall–Kier alpha value is -2.21. The van der Waals surface area contributed by atoms with Gasteiger partial charge < -0.3 is 10.6 Å². The molecule has 0 saturated carbocycles. The molecule has 0 radical (unpaired) electrons. The summed E-state index contributed by atoms with van der Waals surface area (Å²) in [5.41, 5.74) is 2.07. The second-order valence-corrected chi connectivity index (χ2v) is 5.72. The third-order valence-electron chi connectivity index (χ3n) is 4.09. The zero-order valence-corrected chi connectivity index (χ0v) is 12.7. The Labute approximate surface area is 129 Å². The lowest BCUT2D eigenvalue weighted by Gasteiger charge is -2.15. The molecule has 0 unspecified atom stereocenters. The normalized spacial score (nSPS) is 18.0. The number of rotatable bonds is 7. The third kappa shape index (κ3) is 3.33. The van der Waals surface area contributed by atoms with Crippen LogP contribution in [0, 0.1) is 0 Å². The molecule has 22 heavy (non-hydrogen) atoms. The van der Waals surface area contributed by atoms with Gasteiger partial charge in [0.05, 0.1) is 5.92 Å². The molecule has 2 heterocycles. The topological polar surface area (TPSA) is 71.8 Å². The number of hydrogen-bond donors (Lipinski definition) is 2. The van der Waals surface area contributed by atoms with Gasteiger partial charge in [-0.15, -0.1) is 0 Å². The fourth-order valence-electron chi connectivity index (χ4n) is 2.81. The van der Waals surface area contributed by atoms with E-state index in [1.165, 1.54) is 0 Å². The molecule has 6 heteroatoms. The second kappa shape index (κ2) is 6.70. The number of nitrogens with zero attached hydrogens (tertiary/aromatic N) is 3. The van der Waals surface area contributed by atoms with Crippen LogP contribution in [0.25, 0.3) is 0 Å². The highest BCUT2D eigenvalue weighted by Crippen LogP contribution is 2.33. The molecular weight excluding hydrogens is 278 g/mol. The minimum Gasteiger partial charge on any atom is -0.325 e. The summed E-state index contributed by atoms with van der Waals surface area (Å²) in [5, 5.41) is 10.5. The molecule has 2 atom stereocenters. The van der Waals surface area contributed by atoms with E-state index in [4.69, 9.17) is 0 Å². The predicted molar refractivity (Wildman–Crippen MR) is 84.5 cm³/mol. The van der Waals surface area contributed by atoms with E-state index in [0.717, 1.165) is 37.2 Å². The number of nitrogens with one attached hydrogen (secondary N) is 2. The van der Waals surface area contributed by atoms with Crippen LogP contribution in [0.3, 0.4) is 0 Å². The first-order valence-electron chi connectivity index (χ1n) is 7.69. The Bertz CT molecular complexity index is 625. The maximum absolute atomic E-state index is 12.0. The smallest absolute Gasteiger partial charge is 0.232 e. The fourth-order valence-corrected chi connectivity index (χ4v) is 2.81. The van der Waals surface area contributed by atoms with Crippen LogP contribution in [0.5, 0.6) is 0 Å². The number of anilines is 1. The molecule has 3 rings (SSSR count). The predicted octanol–water partition coefficient (Wildman–Crippen LogP) is 1.77. The minimum atomic E-state index is -0.0359. The van der Waals surface area contributed by atoms with Gasteiger partial charge in [0.2, 0.25) is 5.91 Å². The van der Waals surface area contributed by atoms with Crippen LogP contribution in [0.15, 0.2) is 36.9 Å². The van der Waals surface area contributed by atoms with E-state index in [1.54, 1.807) is 12.7 Å². The molecule has 0 fully saturated rings. The highest BCUT2D eigenvalue weighted by molar-refractivity contribution is 6.02. The quantitative estimate of drug-likeness (QED) is 0.817. The summed E-state index contributed by atoms with van der Waals surface area (Å²) in [6.45, 7) is 3.82. The van der Waals surface area contributed by atoms with Gasteiger partial charge in [-0.05, 0) is 37.9 Å². The van der Waals surface area contributed by atoms with Gasteiger partial charge in [0.25, 0.3) is 0 Å². The summed E-state index contributed by atoms with van der Waals surface area (Å²) in [7, 11) is 0. The van der Waals surface area contributed by atoms with Crippen molar-refractivity contribution >= 4 is 11.6 Å². The Morgan fingerprint density at radius 2 is 2.27 bits per heavy atom. The van der Waals surface area contributed by atoms with Crippen molar-refractivity contribution < 1.29 is 4.79 Å². The molecule has 1 amide bonds. The van der Waals surface area contributed by atoms with Crippen molar-refractivity contribution in [2.45, 2.75) is 38.3 Å². The number of fused-ring (bicyclic) bond motifs is 1. The van der Waals surface area contributed by atoms with Crippen LogP contribution in [0.2, 0.25) is 0 Å². The lowest BCUT2D eigenvalue weighted by Crippen LogP contribution is -2.30. The number of benzene rings is 1.